The summed E-state index contributed by atoms with van der Waals surface area (Å²) < 4.78 is 4.86. The van der Waals surface area contributed by atoms with Gasteiger partial charge in [0.2, 0.25) is 0 Å². The highest BCUT2D eigenvalue weighted by Gasteiger charge is 2.32. The van der Waals surface area contributed by atoms with E-state index in [0.717, 1.165) is 6.07 Å². The Balaban J connectivity index is 2.61. The van der Waals surface area contributed by atoms with Crippen molar-refractivity contribution in [1.29, 1.82) is 0 Å². The standard InChI is InChI=1S/C11H12O5/c1-5(12)8-4-16-11(15)10-7(8)2-6(13)3-9(10)14/h2-3,5,8,12-14H,4H2,1H3. The number of aromatic hydroxyl groups is 2. The molecule has 2 atom stereocenters. The molecule has 16 heavy (non-hydrogen) atoms. The van der Waals surface area contributed by atoms with Crippen molar-refractivity contribution in [3.05, 3.63) is 23.3 Å². The van der Waals surface area contributed by atoms with E-state index in [-0.39, 0.29) is 23.7 Å². The quantitative estimate of drug-likeness (QED) is 0.612. The number of hydrogen-bond donors (Lipinski definition) is 3. The van der Waals surface area contributed by atoms with E-state index in [4.69, 9.17) is 4.74 Å². The van der Waals surface area contributed by atoms with Gasteiger partial charge in [0.1, 0.15) is 23.7 Å². The lowest BCUT2D eigenvalue weighted by Gasteiger charge is -2.27. The van der Waals surface area contributed by atoms with Gasteiger partial charge >= 0.3 is 5.97 Å². The highest BCUT2D eigenvalue weighted by atomic mass is 16.5. The second-order valence-corrected chi connectivity index (χ2v) is 3.87. The van der Waals surface area contributed by atoms with Crippen LogP contribution >= 0.6 is 0 Å². The van der Waals surface area contributed by atoms with Gasteiger partial charge in [-0.05, 0) is 18.6 Å². The van der Waals surface area contributed by atoms with Gasteiger partial charge in [0.15, 0.2) is 0 Å². The van der Waals surface area contributed by atoms with Gasteiger partial charge in [-0.3, -0.25) is 0 Å². The molecule has 2 rings (SSSR count). The van der Waals surface area contributed by atoms with E-state index in [9.17, 15) is 20.1 Å². The van der Waals surface area contributed by atoms with Crippen molar-refractivity contribution in [2.75, 3.05) is 6.61 Å². The summed E-state index contributed by atoms with van der Waals surface area (Å²) in [5.74, 6) is -1.53. The van der Waals surface area contributed by atoms with Gasteiger partial charge in [0.25, 0.3) is 0 Å². The number of ether oxygens (including phenoxy) is 1. The zero-order valence-corrected chi connectivity index (χ0v) is 8.67. The Morgan fingerprint density at radius 2 is 2.12 bits per heavy atom. The van der Waals surface area contributed by atoms with Crippen molar-refractivity contribution >= 4 is 5.97 Å². The first-order valence-electron chi connectivity index (χ1n) is 4.91. The average molecular weight is 224 g/mol. The van der Waals surface area contributed by atoms with Crippen LogP contribution in [-0.4, -0.2) is 34.0 Å². The molecule has 1 aliphatic rings. The minimum Gasteiger partial charge on any atom is -0.508 e. The highest BCUT2D eigenvalue weighted by molar-refractivity contribution is 5.95. The summed E-state index contributed by atoms with van der Waals surface area (Å²) in [4.78, 5) is 11.4. The molecule has 1 aromatic rings. The molecule has 0 fully saturated rings. The Morgan fingerprint density at radius 3 is 2.75 bits per heavy atom. The number of aliphatic hydroxyl groups excluding tert-OH is 1. The first-order valence-corrected chi connectivity index (χ1v) is 4.91. The third kappa shape index (κ3) is 1.59. The van der Waals surface area contributed by atoms with Gasteiger partial charge < -0.3 is 20.1 Å². The van der Waals surface area contributed by atoms with Gasteiger partial charge in [-0.2, -0.15) is 0 Å². The predicted octanol–water partition coefficient (Wildman–Crippen LogP) is 0.733. The third-order valence-corrected chi connectivity index (χ3v) is 2.71. The second kappa shape index (κ2) is 3.68. The van der Waals surface area contributed by atoms with E-state index in [2.05, 4.69) is 0 Å². The van der Waals surface area contributed by atoms with Crippen molar-refractivity contribution in [3.63, 3.8) is 0 Å². The number of cyclic esters (lactones) is 1. The van der Waals surface area contributed by atoms with Crippen LogP contribution in [0.3, 0.4) is 0 Å². The van der Waals surface area contributed by atoms with E-state index in [1.54, 1.807) is 6.92 Å². The summed E-state index contributed by atoms with van der Waals surface area (Å²) in [5, 5.41) is 28.5. The molecule has 1 heterocycles. The Kier molecular flexibility index (Phi) is 2.47. The maximum absolute atomic E-state index is 11.4. The van der Waals surface area contributed by atoms with Crippen LogP contribution < -0.4 is 0 Å². The fourth-order valence-electron chi connectivity index (χ4n) is 1.87. The smallest absolute Gasteiger partial charge is 0.342 e. The first kappa shape index (κ1) is 10.8. The average Bonchev–Trinajstić information content (AvgIpc) is 2.15. The third-order valence-electron chi connectivity index (χ3n) is 2.71. The molecule has 2 unspecified atom stereocenters. The molecule has 5 heteroatoms. The van der Waals surface area contributed by atoms with Crippen LogP contribution in [0.2, 0.25) is 0 Å². The molecule has 0 saturated heterocycles. The Morgan fingerprint density at radius 1 is 1.44 bits per heavy atom. The number of esters is 1. The number of carbonyl (C=O) groups excluding carboxylic acids is 1. The van der Waals surface area contributed by atoms with E-state index in [0.29, 0.717) is 5.56 Å². The summed E-state index contributed by atoms with van der Waals surface area (Å²) in [5.41, 5.74) is 0.443. The molecule has 1 aliphatic heterocycles. The Hall–Kier alpha value is -1.75. The largest absolute Gasteiger partial charge is 0.508 e. The molecule has 3 N–H and O–H groups in total. The van der Waals surface area contributed by atoms with Gasteiger partial charge in [-0.15, -0.1) is 0 Å². The predicted molar refractivity (Wildman–Crippen MR) is 54.5 cm³/mol. The van der Waals surface area contributed by atoms with Crippen LogP contribution in [0.15, 0.2) is 12.1 Å². The summed E-state index contributed by atoms with van der Waals surface area (Å²) >= 11 is 0. The lowest BCUT2D eigenvalue weighted by atomic mass is 9.88. The van der Waals surface area contributed by atoms with Crippen LogP contribution in [0.1, 0.15) is 28.8 Å². The molecule has 0 spiro atoms. The minimum atomic E-state index is -0.729. The van der Waals surface area contributed by atoms with Gasteiger partial charge in [0, 0.05) is 12.0 Å². The number of hydrogen-bond acceptors (Lipinski definition) is 5. The van der Waals surface area contributed by atoms with Gasteiger partial charge in [0.05, 0.1) is 6.10 Å². The van der Waals surface area contributed by atoms with E-state index >= 15 is 0 Å². The number of phenolic OH excluding ortho intramolecular Hbond substituents is 2. The lowest BCUT2D eigenvalue weighted by molar-refractivity contribution is 0.0325. The molecular formula is C11H12O5. The minimum absolute atomic E-state index is 0.0231. The zero-order valence-electron chi connectivity index (χ0n) is 8.67. The SMILES string of the molecule is CC(O)C1COC(=O)c2c(O)cc(O)cc21. The molecule has 0 amide bonds. The molecule has 86 valence electrons. The summed E-state index contributed by atoms with van der Waals surface area (Å²) in [7, 11) is 0. The van der Waals surface area contributed by atoms with Crippen molar-refractivity contribution in [2.24, 2.45) is 0 Å². The number of benzene rings is 1. The first-order chi connectivity index (χ1) is 7.50. The maximum Gasteiger partial charge on any atom is 0.342 e. The molecule has 1 aromatic carbocycles. The normalized spacial score (nSPS) is 21.1. The maximum atomic E-state index is 11.4. The molecular weight excluding hydrogens is 212 g/mol. The summed E-state index contributed by atoms with van der Waals surface area (Å²) in [6.07, 6.45) is -0.729. The van der Waals surface area contributed by atoms with Crippen LogP contribution in [0, 0.1) is 0 Å². The van der Waals surface area contributed by atoms with Crippen molar-refractivity contribution in [3.8, 4) is 11.5 Å². The van der Waals surface area contributed by atoms with Crippen molar-refractivity contribution in [2.45, 2.75) is 18.9 Å². The van der Waals surface area contributed by atoms with Crippen LogP contribution in [0.4, 0.5) is 0 Å². The molecule has 0 radical (unpaired) electrons. The highest BCUT2D eigenvalue weighted by Crippen LogP contribution is 2.37. The van der Waals surface area contributed by atoms with Crippen molar-refractivity contribution in [1.82, 2.24) is 0 Å². The molecule has 0 aromatic heterocycles. The molecule has 0 saturated carbocycles. The monoisotopic (exact) mass is 224 g/mol. The number of phenols is 2. The molecule has 5 nitrogen and oxygen atoms in total. The number of aliphatic hydroxyl groups is 1. The summed E-state index contributed by atoms with van der Waals surface area (Å²) in [6.45, 7) is 1.61. The topological polar surface area (TPSA) is 87.0 Å². The summed E-state index contributed by atoms with van der Waals surface area (Å²) in [6, 6.07) is 2.44. The fraction of sp³-hybridized carbons (Fsp3) is 0.364. The van der Waals surface area contributed by atoms with E-state index in [1.807, 2.05) is 0 Å². The Labute approximate surface area is 91.9 Å². The number of rotatable bonds is 1. The van der Waals surface area contributed by atoms with E-state index < -0.39 is 18.0 Å². The number of carbonyl (C=O) groups is 1. The fourth-order valence-corrected chi connectivity index (χ4v) is 1.87. The molecule has 0 bridgehead atoms. The lowest BCUT2D eigenvalue weighted by Crippen LogP contribution is -2.29. The second-order valence-electron chi connectivity index (χ2n) is 3.87. The van der Waals surface area contributed by atoms with Crippen LogP contribution in [-0.2, 0) is 4.74 Å². The Bertz CT molecular complexity index is 438. The van der Waals surface area contributed by atoms with Crippen LogP contribution in [0.25, 0.3) is 0 Å². The van der Waals surface area contributed by atoms with Gasteiger partial charge in [-0.25, -0.2) is 4.79 Å². The zero-order chi connectivity index (χ0) is 11.9. The number of fused-ring (bicyclic) bond motifs is 1. The van der Waals surface area contributed by atoms with Crippen molar-refractivity contribution < 1.29 is 24.9 Å². The van der Waals surface area contributed by atoms with Gasteiger partial charge in [-0.1, -0.05) is 0 Å². The molecule has 0 aliphatic carbocycles. The van der Waals surface area contributed by atoms with Crippen LogP contribution in [0.5, 0.6) is 11.5 Å². The van der Waals surface area contributed by atoms with E-state index in [1.165, 1.54) is 6.07 Å².